The summed E-state index contributed by atoms with van der Waals surface area (Å²) < 4.78 is 8.41. The van der Waals surface area contributed by atoms with Gasteiger partial charge in [-0.1, -0.05) is 19.3 Å². The van der Waals surface area contributed by atoms with Crippen molar-refractivity contribution in [3.63, 3.8) is 0 Å². The molecule has 1 saturated carbocycles. The highest BCUT2D eigenvalue weighted by molar-refractivity contribution is 5.77. The number of carbonyl (C=O) groups is 1. The van der Waals surface area contributed by atoms with E-state index in [1.54, 1.807) is 11.7 Å². The van der Waals surface area contributed by atoms with E-state index in [2.05, 4.69) is 20.3 Å². The lowest BCUT2D eigenvalue weighted by molar-refractivity contribution is -0.123. The molecule has 3 heterocycles. The zero-order chi connectivity index (χ0) is 19.6. The van der Waals surface area contributed by atoms with Crippen LogP contribution < -0.4 is 10.9 Å². The van der Waals surface area contributed by atoms with Gasteiger partial charge in [0.1, 0.15) is 18.3 Å². The highest BCUT2D eigenvalue weighted by atomic mass is 16.5. The number of hydrogen-bond donors (Lipinski definition) is 1. The van der Waals surface area contributed by atoms with E-state index in [1.165, 1.54) is 36.4 Å². The first kappa shape index (κ1) is 19.1. The largest absolute Gasteiger partial charge is 0.379 e. The number of fused-ring (bicyclic) bond motifs is 1. The fraction of sp³-hybridized carbons (Fsp3) is 0.684. The molecule has 152 valence electrons. The molecule has 0 spiro atoms. The molecule has 1 N–H and O–H groups in total. The molecule has 0 atom stereocenters. The molecule has 4 rings (SSSR count). The Labute approximate surface area is 163 Å². The van der Waals surface area contributed by atoms with Gasteiger partial charge < -0.3 is 10.1 Å². The van der Waals surface area contributed by atoms with E-state index in [1.807, 2.05) is 0 Å². The van der Waals surface area contributed by atoms with Crippen LogP contribution in [0.15, 0.2) is 17.3 Å². The van der Waals surface area contributed by atoms with Crippen molar-refractivity contribution in [3.8, 4) is 0 Å². The van der Waals surface area contributed by atoms with Crippen LogP contribution in [0, 0.1) is 0 Å². The van der Waals surface area contributed by atoms with Crippen molar-refractivity contribution < 1.29 is 9.53 Å². The highest BCUT2D eigenvalue weighted by Crippen LogP contribution is 2.33. The summed E-state index contributed by atoms with van der Waals surface area (Å²) in [6.45, 7) is 3.91. The van der Waals surface area contributed by atoms with Crippen molar-refractivity contribution in [2.75, 3.05) is 32.8 Å². The molecule has 2 aliphatic rings. The summed E-state index contributed by atoms with van der Waals surface area (Å²) in [7, 11) is 1.74. The third kappa shape index (κ3) is 3.68. The number of morpholine rings is 1. The van der Waals surface area contributed by atoms with Gasteiger partial charge in [0.25, 0.3) is 5.56 Å². The number of amides is 1. The Morgan fingerprint density at radius 2 is 2.00 bits per heavy atom. The van der Waals surface area contributed by atoms with Crippen LogP contribution in [0.2, 0.25) is 0 Å². The summed E-state index contributed by atoms with van der Waals surface area (Å²) in [5.74, 6) is -0.162. The number of ether oxygens (including phenoxy) is 1. The molecule has 9 nitrogen and oxygen atoms in total. The Hall–Kier alpha value is -2.26. The summed E-state index contributed by atoms with van der Waals surface area (Å²) in [6.07, 6.45) is 8.74. The molecule has 28 heavy (non-hydrogen) atoms. The van der Waals surface area contributed by atoms with Crippen LogP contribution in [0.4, 0.5) is 0 Å². The van der Waals surface area contributed by atoms with Crippen LogP contribution >= 0.6 is 0 Å². The summed E-state index contributed by atoms with van der Waals surface area (Å²) in [6, 6.07) is 0. The van der Waals surface area contributed by atoms with Gasteiger partial charge in [0.05, 0.1) is 19.4 Å². The smallest absolute Gasteiger partial charge is 0.264 e. The number of nitrogens with one attached hydrogen (secondary N) is 1. The van der Waals surface area contributed by atoms with E-state index >= 15 is 0 Å². The molecule has 1 amide bonds. The van der Waals surface area contributed by atoms with Crippen LogP contribution in [0.1, 0.15) is 32.1 Å². The molecule has 2 aromatic rings. The minimum absolute atomic E-state index is 0.00814. The topological polar surface area (TPSA) is 94.3 Å². The number of hydrogen-bond acceptors (Lipinski definition) is 6. The molecular formula is C19H28N6O3. The summed E-state index contributed by atoms with van der Waals surface area (Å²) in [5, 5.41) is 7.58. The molecule has 1 aliphatic heterocycles. The molecular weight excluding hydrogens is 360 g/mol. The van der Waals surface area contributed by atoms with Gasteiger partial charge >= 0.3 is 0 Å². The predicted molar refractivity (Wildman–Crippen MR) is 104 cm³/mol. The number of carbonyl (C=O) groups excluding carboxylic acids is 1. The van der Waals surface area contributed by atoms with E-state index in [0.29, 0.717) is 17.6 Å². The average molecular weight is 388 g/mol. The van der Waals surface area contributed by atoms with Crippen molar-refractivity contribution in [1.29, 1.82) is 0 Å². The van der Waals surface area contributed by atoms with Crippen molar-refractivity contribution >= 4 is 16.9 Å². The molecule has 0 bridgehead atoms. The highest BCUT2D eigenvalue weighted by Gasteiger charge is 2.38. The number of aryl methyl sites for hydroxylation is 1. The van der Waals surface area contributed by atoms with Crippen LogP contribution in [-0.2, 0) is 23.1 Å². The third-order valence-corrected chi connectivity index (χ3v) is 6.11. The van der Waals surface area contributed by atoms with Gasteiger partial charge in [-0.25, -0.2) is 4.98 Å². The standard InChI is InChI=1S/C19H28N6O3/c1-23-17-15(11-22-23)18(27)24(14-21-17)12-16(26)20-13-19(5-3-2-4-6-19)25-7-9-28-10-8-25/h11,14H,2-10,12-13H2,1H3,(H,20,26). The number of nitrogens with zero attached hydrogens (tertiary/aromatic N) is 5. The third-order valence-electron chi connectivity index (χ3n) is 6.11. The average Bonchev–Trinajstić information content (AvgIpc) is 3.11. The Bertz CT molecular complexity index is 893. The van der Waals surface area contributed by atoms with Gasteiger partial charge in [0.2, 0.25) is 5.91 Å². The van der Waals surface area contributed by atoms with Crippen LogP contribution in [-0.4, -0.2) is 68.5 Å². The molecule has 0 radical (unpaired) electrons. The Balaban J connectivity index is 1.44. The molecule has 0 unspecified atom stereocenters. The maximum atomic E-state index is 12.6. The molecule has 2 aromatic heterocycles. The lowest BCUT2D eigenvalue weighted by Crippen LogP contribution is -2.59. The summed E-state index contributed by atoms with van der Waals surface area (Å²) >= 11 is 0. The number of rotatable bonds is 5. The Morgan fingerprint density at radius 1 is 1.25 bits per heavy atom. The predicted octanol–water partition coefficient (Wildman–Crippen LogP) is 0.281. The van der Waals surface area contributed by atoms with Gasteiger partial charge in [0, 0.05) is 32.2 Å². The van der Waals surface area contributed by atoms with Crippen molar-refractivity contribution in [1.82, 2.24) is 29.5 Å². The fourth-order valence-electron chi connectivity index (χ4n) is 4.51. The fourth-order valence-corrected chi connectivity index (χ4v) is 4.51. The zero-order valence-corrected chi connectivity index (χ0v) is 16.4. The van der Waals surface area contributed by atoms with Crippen molar-refractivity contribution in [2.45, 2.75) is 44.2 Å². The van der Waals surface area contributed by atoms with Crippen LogP contribution in [0.3, 0.4) is 0 Å². The second kappa shape index (κ2) is 8.00. The quantitative estimate of drug-likeness (QED) is 0.791. The molecule has 1 saturated heterocycles. The van der Waals surface area contributed by atoms with E-state index in [-0.39, 0.29) is 23.6 Å². The minimum Gasteiger partial charge on any atom is -0.379 e. The van der Waals surface area contributed by atoms with E-state index in [4.69, 9.17) is 4.74 Å². The first-order valence-electron chi connectivity index (χ1n) is 10.1. The van der Waals surface area contributed by atoms with Gasteiger partial charge in [0.15, 0.2) is 5.65 Å². The first-order valence-corrected chi connectivity index (χ1v) is 10.1. The van der Waals surface area contributed by atoms with Crippen LogP contribution in [0.5, 0.6) is 0 Å². The Morgan fingerprint density at radius 3 is 2.75 bits per heavy atom. The molecule has 1 aliphatic carbocycles. The van der Waals surface area contributed by atoms with Gasteiger partial charge in [-0.15, -0.1) is 0 Å². The van der Waals surface area contributed by atoms with Gasteiger partial charge in [-0.3, -0.25) is 23.7 Å². The second-order valence-corrected chi connectivity index (χ2v) is 7.84. The maximum absolute atomic E-state index is 12.6. The van der Waals surface area contributed by atoms with E-state index in [9.17, 15) is 9.59 Å². The normalized spacial score (nSPS) is 20.3. The minimum atomic E-state index is -0.242. The van der Waals surface area contributed by atoms with Crippen molar-refractivity contribution in [2.24, 2.45) is 7.05 Å². The first-order chi connectivity index (χ1) is 13.6. The lowest BCUT2D eigenvalue weighted by atomic mass is 9.79. The van der Waals surface area contributed by atoms with Crippen molar-refractivity contribution in [3.05, 3.63) is 22.9 Å². The molecule has 9 heteroatoms. The zero-order valence-electron chi connectivity index (χ0n) is 16.4. The lowest BCUT2D eigenvalue weighted by Gasteiger charge is -2.48. The van der Waals surface area contributed by atoms with Gasteiger partial charge in [-0.2, -0.15) is 5.10 Å². The van der Waals surface area contributed by atoms with E-state index in [0.717, 1.165) is 39.1 Å². The summed E-state index contributed by atoms with van der Waals surface area (Å²) in [5.41, 5.74) is 0.290. The van der Waals surface area contributed by atoms with Crippen LogP contribution in [0.25, 0.3) is 11.0 Å². The van der Waals surface area contributed by atoms with E-state index < -0.39 is 0 Å². The second-order valence-electron chi connectivity index (χ2n) is 7.84. The number of aromatic nitrogens is 4. The summed E-state index contributed by atoms with van der Waals surface area (Å²) in [4.78, 5) is 31.9. The maximum Gasteiger partial charge on any atom is 0.264 e. The van der Waals surface area contributed by atoms with Gasteiger partial charge in [-0.05, 0) is 12.8 Å². The molecule has 0 aromatic carbocycles. The Kier molecular flexibility index (Phi) is 5.45. The SMILES string of the molecule is Cn1ncc2c(=O)n(CC(=O)NCC3(N4CCOCC4)CCCCC3)cnc21. The monoisotopic (exact) mass is 388 g/mol. The molecule has 2 fully saturated rings.